The number of carboxylic acid groups (broad SMARTS) is 1. The van der Waals surface area contributed by atoms with Gasteiger partial charge in [-0.05, 0) is 42.1 Å². The van der Waals surface area contributed by atoms with Crippen LogP contribution in [-0.2, 0) is 16.2 Å². The average molecular weight is 422 g/mol. The van der Waals surface area contributed by atoms with E-state index in [1.54, 1.807) is 36.4 Å². The van der Waals surface area contributed by atoms with Crippen molar-refractivity contribution in [3.63, 3.8) is 0 Å². The number of carbonyl (C=O) groups excluding carboxylic acids is 2. The minimum Gasteiger partial charge on any atom is -0.488 e. The van der Waals surface area contributed by atoms with Crippen LogP contribution in [0, 0.1) is 0 Å². The van der Waals surface area contributed by atoms with E-state index in [4.69, 9.17) is 22.1 Å². The zero-order valence-corrected chi connectivity index (χ0v) is 16.6. The lowest BCUT2D eigenvalue weighted by Crippen LogP contribution is -2.53. The molecule has 2 aromatic carbocycles. The van der Waals surface area contributed by atoms with Crippen molar-refractivity contribution < 1.29 is 24.2 Å². The lowest BCUT2D eigenvalue weighted by Gasteiger charge is -2.27. The van der Waals surface area contributed by atoms with Crippen LogP contribution in [0.3, 0.4) is 0 Å². The molecule has 0 spiro atoms. The highest BCUT2D eigenvalue weighted by Crippen LogP contribution is 2.24. The Kier molecular flexibility index (Phi) is 6.38. The van der Waals surface area contributed by atoms with Gasteiger partial charge in [0.25, 0.3) is 11.8 Å². The lowest BCUT2D eigenvalue weighted by molar-refractivity contribution is -0.128. The molecule has 2 amide bonds. The van der Waals surface area contributed by atoms with Gasteiger partial charge >= 0.3 is 5.97 Å². The normalized spacial score (nSPS) is 15.1. The highest BCUT2D eigenvalue weighted by atomic mass is 32.1. The predicted octanol–water partition coefficient (Wildman–Crippen LogP) is 2.78. The number of hydrogen-bond acceptors (Lipinski definition) is 5. The van der Waals surface area contributed by atoms with Crippen molar-refractivity contribution in [2.75, 3.05) is 6.54 Å². The van der Waals surface area contributed by atoms with Crippen molar-refractivity contribution in [1.82, 2.24) is 10.2 Å². The maximum atomic E-state index is 12.7. The Hall–Kier alpha value is -3.78. The number of carboxylic acids is 1. The third-order valence-electron chi connectivity index (χ3n) is 4.31. The molecule has 0 aromatic heterocycles. The first-order chi connectivity index (χ1) is 14.4. The van der Waals surface area contributed by atoms with Crippen molar-refractivity contribution in [1.29, 1.82) is 0 Å². The molecule has 2 aromatic rings. The van der Waals surface area contributed by atoms with Crippen LogP contribution in [0.4, 0.5) is 0 Å². The molecule has 152 valence electrons. The van der Waals surface area contributed by atoms with Crippen molar-refractivity contribution in [3.05, 3.63) is 83.4 Å². The van der Waals surface area contributed by atoms with Crippen LogP contribution >= 0.6 is 12.2 Å². The summed E-state index contributed by atoms with van der Waals surface area (Å²) in [6.07, 6.45) is 2.98. The van der Waals surface area contributed by atoms with Crippen LogP contribution in [-0.4, -0.2) is 39.4 Å². The number of rotatable bonds is 7. The predicted molar refractivity (Wildman–Crippen MR) is 115 cm³/mol. The zero-order chi connectivity index (χ0) is 21.7. The third-order valence-corrected chi connectivity index (χ3v) is 4.63. The molecule has 0 aliphatic carbocycles. The minimum atomic E-state index is -1.00. The molecular weight excluding hydrogens is 404 g/mol. The number of benzene rings is 2. The van der Waals surface area contributed by atoms with Gasteiger partial charge in [-0.15, -0.1) is 6.58 Å². The molecule has 0 radical (unpaired) electrons. The fourth-order valence-electron chi connectivity index (χ4n) is 2.78. The number of amides is 2. The summed E-state index contributed by atoms with van der Waals surface area (Å²) < 4.78 is 5.84. The van der Waals surface area contributed by atoms with Crippen LogP contribution in [0.5, 0.6) is 5.75 Å². The first-order valence-corrected chi connectivity index (χ1v) is 9.35. The second-order valence-electron chi connectivity index (χ2n) is 6.35. The van der Waals surface area contributed by atoms with Gasteiger partial charge in [0.05, 0.1) is 5.56 Å². The molecule has 8 heteroatoms. The van der Waals surface area contributed by atoms with E-state index in [-0.39, 0.29) is 29.4 Å². The summed E-state index contributed by atoms with van der Waals surface area (Å²) in [5, 5.41) is 11.5. The maximum absolute atomic E-state index is 12.7. The molecule has 0 unspecified atom stereocenters. The van der Waals surface area contributed by atoms with E-state index in [0.29, 0.717) is 11.3 Å². The lowest BCUT2D eigenvalue weighted by atomic mass is 10.1. The van der Waals surface area contributed by atoms with Crippen molar-refractivity contribution >= 4 is 41.2 Å². The molecule has 1 saturated heterocycles. The van der Waals surface area contributed by atoms with Gasteiger partial charge in [0, 0.05) is 12.1 Å². The van der Waals surface area contributed by atoms with Gasteiger partial charge in [-0.2, -0.15) is 0 Å². The molecule has 1 fully saturated rings. The number of aromatic carboxylic acids is 1. The maximum Gasteiger partial charge on any atom is 0.335 e. The van der Waals surface area contributed by atoms with Crippen molar-refractivity contribution in [2.45, 2.75) is 6.61 Å². The molecule has 7 nitrogen and oxygen atoms in total. The van der Waals surface area contributed by atoms with Crippen molar-refractivity contribution in [3.8, 4) is 5.75 Å². The molecule has 0 bridgehead atoms. The number of thiocarbonyl (C=S) groups is 1. The number of nitrogens with one attached hydrogen (secondary N) is 1. The van der Waals surface area contributed by atoms with Gasteiger partial charge in [0.1, 0.15) is 17.9 Å². The molecule has 1 heterocycles. The first-order valence-electron chi connectivity index (χ1n) is 8.94. The highest BCUT2D eigenvalue weighted by Gasteiger charge is 2.32. The van der Waals surface area contributed by atoms with Crippen LogP contribution < -0.4 is 10.1 Å². The van der Waals surface area contributed by atoms with E-state index < -0.39 is 17.8 Å². The SMILES string of the molecule is C=CCN1C(=O)/C(=C/c2ccccc2OCc2ccc(C(=O)O)cc2)C(=O)NC1=S. The number of ether oxygens (including phenoxy) is 1. The second-order valence-corrected chi connectivity index (χ2v) is 6.74. The van der Waals surface area contributed by atoms with E-state index in [1.807, 2.05) is 0 Å². The standard InChI is InChI=1S/C22H18N2O5S/c1-2-11-24-20(26)17(19(25)23-22(24)30)12-16-5-3-4-6-18(16)29-13-14-7-9-15(10-8-14)21(27)28/h2-10,12H,1,11,13H2,(H,27,28)(H,23,25,30)/b17-12+. The molecule has 2 N–H and O–H groups in total. The molecule has 30 heavy (non-hydrogen) atoms. The van der Waals surface area contributed by atoms with Gasteiger partial charge < -0.3 is 9.84 Å². The Labute approximate surface area is 178 Å². The Morgan fingerprint density at radius 2 is 1.87 bits per heavy atom. The molecular formula is C22H18N2O5S. The summed E-state index contributed by atoms with van der Waals surface area (Å²) in [6, 6.07) is 13.3. The summed E-state index contributed by atoms with van der Waals surface area (Å²) in [5.41, 5.74) is 1.45. The van der Waals surface area contributed by atoms with E-state index >= 15 is 0 Å². The number of nitrogens with zero attached hydrogens (tertiary/aromatic N) is 1. The Morgan fingerprint density at radius 1 is 1.17 bits per heavy atom. The Balaban J connectivity index is 1.83. The second kappa shape index (κ2) is 9.15. The quantitative estimate of drug-likeness (QED) is 0.308. The zero-order valence-electron chi connectivity index (χ0n) is 15.8. The average Bonchev–Trinajstić information content (AvgIpc) is 2.73. The summed E-state index contributed by atoms with van der Waals surface area (Å²) in [5.74, 6) is -1.62. The molecule has 3 rings (SSSR count). The first kappa shape index (κ1) is 20.9. The van der Waals surface area contributed by atoms with Crippen molar-refractivity contribution in [2.24, 2.45) is 0 Å². The molecule has 1 aliphatic heterocycles. The summed E-state index contributed by atoms with van der Waals surface area (Å²) in [7, 11) is 0. The van der Waals surface area contributed by atoms with E-state index in [1.165, 1.54) is 29.2 Å². The minimum absolute atomic E-state index is 0.0383. The van der Waals surface area contributed by atoms with Gasteiger partial charge in [0.2, 0.25) is 0 Å². The van der Waals surface area contributed by atoms with E-state index in [2.05, 4.69) is 11.9 Å². The van der Waals surface area contributed by atoms with Gasteiger partial charge in [-0.25, -0.2) is 4.79 Å². The number of hydrogen-bond donors (Lipinski definition) is 2. The molecule has 0 saturated carbocycles. The number of carbonyl (C=O) groups is 3. The molecule has 0 atom stereocenters. The largest absolute Gasteiger partial charge is 0.488 e. The summed E-state index contributed by atoms with van der Waals surface area (Å²) in [4.78, 5) is 37.2. The van der Waals surface area contributed by atoms with Crippen LogP contribution in [0.2, 0.25) is 0 Å². The van der Waals surface area contributed by atoms with Gasteiger partial charge in [0.15, 0.2) is 5.11 Å². The fraction of sp³-hybridized carbons (Fsp3) is 0.0909. The third kappa shape index (κ3) is 4.61. The summed E-state index contributed by atoms with van der Waals surface area (Å²) in [6.45, 7) is 3.96. The van der Waals surface area contributed by atoms with Crippen LogP contribution in [0.25, 0.3) is 6.08 Å². The van der Waals surface area contributed by atoms with Gasteiger partial charge in [-0.3, -0.25) is 19.8 Å². The van der Waals surface area contributed by atoms with Crippen LogP contribution in [0.1, 0.15) is 21.5 Å². The highest BCUT2D eigenvalue weighted by molar-refractivity contribution is 7.80. The molecule has 1 aliphatic rings. The van der Waals surface area contributed by atoms with Crippen LogP contribution in [0.15, 0.2) is 66.8 Å². The smallest absolute Gasteiger partial charge is 0.335 e. The topological polar surface area (TPSA) is 95.9 Å². The monoisotopic (exact) mass is 422 g/mol. The van der Waals surface area contributed by atoms with Gasteiger partial charge in [-0.1, -0.05) is 36.4 Å². The summed E-state index contributed by atoms with van der Waals surface area (Å²) >= 11 is 5.05. The fourth-order valence-corrected chi connectivity index (χ4v) is 3.03. The van der Waals surface area contributed by atoms with E-state index in [0.717, 1.165) is 5.56 Å². The number of para-hydroxylation sites is 1. The van der Waals surface area contributed by atoms with E-state index in [9.17, 15) is 14.4 Å². The Morgan fingerprint density at radius 3 is 2.53 bits per heavy atom. The Bertz CT molecular complexity index is 1060.